The smallest absolute Gasteiger partial charge is 0.223 e. The number of nitrogens with one attached hydrogen (secondary N) is 1. The van der Waals surface area contributed by atoms with Gasteiger partial charge in [0.15, 0.2) is 0 Å². The molecule has 1 unspecified atom stereocenters. The molecule has 0 spiro atoms. The summed E-state index contributed by atoms with van der Waals surface area (Å²) in [6, 6.07) is 5.96. The molecule has 4 nitrogen and oxygen atoms in total. The molecule has 1 aliphatic heterocycles. The standard InChI is InChI=1S/C16H23NO3/c1-12-5-3-7-15(13(12)2)20-10-8-16(18)17-11-14-6-4-9-19-14/h3,5,7,14H,4,6,8-11H2,1-2H3,(H,17,18). The SMILES string of the molecule is Cc1cccc(OCCC(=O)NCC2CCCO2)c1C. The van der Waals surface area contributed by atoms with Gasteiger partial charge in [0.1, 0.15) is 5.75 Å². The summed E-state index contributed by atoms with van der Waals surface area (Å²) in [5.41, 5.74) is 2.33. The number of benzene rings is 1. The lowest BCUT2D eigenvalue weighted by Crippen LogP contribution is -2.32. The van der Waals surface area contributed by atoms with Gasteiger partial charge in [-0.1, -0.05) is 12.1 Å². The third kappa shape index (κ3) is 4.23. The van der Waals surface area contributed by atoms with Crippen LogP contribution in [-0.4, -0.2) is 31.8 Å². The van der Waals surface area contributed by atoms with Crippen LogP contribution in [0, 0.1) is 13.8 Å². The van der Waals surface area contributed by atoms with E-state index in [4.69, 9.17) is 9.47 Å². The number of aryl methyl sites for hydroxylation is 1. The number of carbonyl (C=O) groups excluding carboxylic acids is 1. The number of rotatable bonds is 6. The van der Waals surface area contributed by atoms with Crippen LogP contribution < -0.4 is 10.1 Å². The van der Waals surface area contributed by atoms with Crippen molar-refractivity contribution in [2.75, 3.05) is 19.8 Å². The maximum atomic E-state index is 11.7. The van der Waals surface area contributed by atoms with Crippen LogP contribution in [0.25, 0.3) is 0 Å². The van der Waals surface area contributed by atoms with Crippen LogP contribution >= 0.6 is 0 Å². The van der Waals surface area contributed by atoms with Crippen LogP contribution in [0.1, 0.15) is 30.4 Å². The number of carbonyl (C=O) groups is 1. The van der Waals surface area contributed by atoms with Crippen molar-refractivity contribution in [1.29, 1.82) is 0 Å². The molecule has 1 atom stereocenters. The summed E-state index contributed by atoms with van der Waals surface area (Å²) in [4.78, 5) is 11.7. The van der Waals surface area contributed by atoms with E-state index < -0.39 is 0 Å². The second kappa shape index (κ2) is 7.29. The molecule has 20 heavy (non-hydrogen) atoms. The average molecular weight is 277 g/mol. The largest absolute Gasteiger partial charge is 0.493 e. The fourth-order valence-electron chi connectivity index (χ4n) is 2.26. The van der Waals surface area contributed by atoms with E-state index in [2.05, 4.69) is 18.3 Å². The molecular weight excluding hydrogens is 254 g/mol. The van der Waals surface area contributed by atoms with Crippen molar-refractivity contribution in [3.63, 3.8) is 0 Å². The van der Waals surface area contributed by atoms with Gasteiger partial charge in [0, 0.05) is 13.2 Å². The lowest BCUT2D eigenvalue weighted by atomic mass is 10.1. The van der Waals surface area contributed by atoms with Gasteiger partial charge in [-0.2, -0.15) is 0 Å². The molecule has 0 radical (unpaired) electrons. The van der Waals surface area contributed by atoms with Gasteiger partial charge >= 0.3 is 0 Å². The Morgan fingerprint density at radius 3 is 3.05 bits per heavy atom. The van der Waals surface area contributed by atoms with E-state index in [1.165, 1.54) is 5.56 Å². The Bertz CT molecular complexity index is 453. The Labute approximate surface area is 120 Å². The molecule has 1 aromatic carbocycles. The van der Waals surface area contributed by atoms with Crippen LogP contribution in [0.15, 0.2) is 18.2 Å². The first-order valence-corrected chi connectivity index (χ1v) is 7.24. The number of ether oxygens (including phenoxy) is 2. The van der Waals surface area contributed by atoms with Crippen LogP contribution in [0.3, 0.4) is 0 Å². The molecule has 1 heterocycles. The van der Waals surface area contributed by atoms with Crippen molar-refractivity contribution in [2.45, 2.75) is 39.2 Å². The van der Waals surface area contributed by atoms with Crippen molar-refractivity contribution in [3.05, 3.63) is 29.3 Å². The Morgan fingerprint density at radius 1 is 1.45 bits per heavy atom. The van der Waals surface area contributed by atoms with Crippen LogP contribution in [0.5, 0.6) is 5.75 Å². The van der Waals surface area contributed by atoms with E-state index in [0.717, 1.165) is 30.8 Å². The van der Waals surface area contributed by atoms with Gasteiger partial charge in [-0.05, 0) is 43.9 Å². The molecule has 110 valence electrons. The van der Waals surface area contributed by atoms with Crippen molar-refractivity contribution >= 4 is 5.91 Å². The highest BCUT2D eigenvalue weighted by atomic mass is 16.5. The fraction of sp³-hybridized carbons (Fsp3) is 0.562. The third-order valence-corrected chi connectivity index (χ3v) is 3.69. The van der Waals surface area contributed by atoms with Crippen LogP contribution in [0.4, 0.5) is 0 Å². The molecule has 1 aliphatic rings. The lowest BCUT2D eigenvalue weighted by molar-refractivity contribution is -0.122. The maximum absolute atomic E-state index is 11.7. The minimum atomic E-state index is 0.0193. The summed E-state index contributed by atoms with van der Waals surface area (Å²) in [6.45, 7) is 5.92. The van der Waals surface area contributed by atoms with Gasteiger partial charge in [-0.15, -0.1) is 0 Å². The minimum Gasteiger partial charge on any atom is -0.493 e. The maximum Gasteiger partial charge on any atom is 0.223 e. The van der Waals surface area contributed by atoms with E-state index in [9.17, 15) is 4.79 Å². The average Bonchev–Trinajstić information content (AvgIpc) is 2.94. The summed E-state index contributed by atoms with van der Waals surface area (Å²) in [5, 5.41) is 2.89. The molecule has 1 saturated heterocycles. The van der Waals surface area contributed by atoms with Gasteiger partial charge in [0.05, 0.1) is 19.1 Å². The van der Waals surface area contributed by atoms with E-state index >= 15 is 0 Å². The highest BCUT2D eigenvalue weighted by Crippen LogP contribution is 2.20. The monoisotopic (exact) mass is 277 g/mol. The molecule has 1 amide bonds. The Hall–Kier alpha value is -1.55. The summed E-state index contributed by atoms with van der Waals surface area (Å²) >= 11 is 0. The van der Waals surface area contributed by atoms with Gasteiger partial charge in [-0.25, -0.2) is 0 Å². The Morgan fingerprint density at radius 2 is 2.30 bits per heavy atom. The van der Waals surface area contributed by atoms with Crippen molar-refractivity contribution < 1.29 is 14.3 Å². The predicted molar refractivity (Wildman–Crippen MR) is 78.0 cm³/mol. The topological polar surface area (TPSA) is 47.6 Å². The molecule has 2 rings (SSSR count). The normalized spacial score (nSPS) is 18.0. The minimum absolute atomic E-state index is 0.0193. The first kappa shape index (κ1) is 14.9. The molecule has 0 aliphatic carbocycles. The lowest BCUT2D eigenvalue weighted by Gasteiger charge is -2.12. The third-order valence-electron chi connectivity index (χ3n) is 3.69. The van der Waals surface area contributed by atoms with E-state index in [-0.39, 0.29) is 12.0 Å². The second-order valence-corrected chi connectivity index (χ2v) is 5.24. The van der Waals surface area contributed by atoms with Crippen molar-refractivity contribution in [1.82, 2.24) is 5.32 Å². The number of hydrogen-bond acceptors (Lipinski definition) is 3. The predicted octanol–water partition coefficient (Wildman–Crippen LogP) is 2.37. The summed E-state index contributed by atoms with van der Waals surface area (Å²) in [5.74, 6) is 0.878. The van der Waals surface area contributed by atoms with E-state index in [1.807, 2.05) is 19.1 Å². The molecule has 1 aromatic rings. The van der Waals surface area contributed by atoms with Crippen LogP contribution in [0.2, 0.25) is 0 Å². The van der Waals surface area contributed by atoms with E-state index in [0.29, 0.717) is 19.6 Å². The Kier molecular flexibility index (Phi) is 5.41. The summed E-state index contributed by atoms with van der Waals surface area (Å²) < 4.78 is 11.1. The molecule has 1 N–H and O–H groups in total. The van der Waals surface area contributed by atoms with Gasteiger partial charge in [0.2, 0.25) is 5.91 Å². The summed E-state index contributed by atoms with van der Waals surface area (Å²) in [6.07, 6.45) is 2.70. The quantitative estimate of drug-likeness (QED) is 0.868. The first-order chi connectivity index (χ1) is 9.66. The van der Waals surface area contributed by atoms with Crippen molar-refractivity contribution in [2.24, 2.45) is 0 Å². The fourth-order valence-corrected chi connectivity index (χ4v) is 2.26. The van der Waals surface area contributed by atoms with Crippen LogP contribution in [-0.2, 0) is 9.53 Å². The molecule has 0 aromatic heterocycles. The van der Waals surface area contributed by atoms with Gasteiger partial charge < -0.3 is 14.8 Å². The first-order valence-electron chi connectivity index (χ1n) is 7.24. The highest BCUT2D eigenvalue weighted by molar-refractivity contribution is 5.76. The highest BCUT2D eigenvalue weighted by Gasteiger charge is 2.16. The number of hydrogen-bond donors (Lipinski definition) is 1. The molecule has 0 saturated carbocycles. The molecule has 0 bridgehead atoms. The zero-order valence-electron chi connectivity index (χ0n) is 12.3. The van der Waals surface area contributed by atoms with Gasteiger partial charge in [-0.3, -0.25) is 4.79 Å². The molecule has 4 heteroatoms. The number of amides is 1. The zero-order chi connectivity index (χ0) is 14.4. The van der Waals surface area contributed by atoms with E-state index in [1.54, 1.807) is 0 Å². The molecular formula is C16H23NO3. The Balaban J connectivity index is 1.67. The van der Waals surface area contributed by atoms with Gasteiger partial charge in [0.25, 0.3) is 0 Å². The second-order valence-electron chi connectivity index (χ2n) is 5.24. The van der Waals surface area contributed by atoms with Crippen molar-refractivity contribution in [3.8, 4) is 5.75 Å². The molecule has 1 fully saturated rings. The summed E-state index contributed by atoms with van der Waals surface area (Å²) in [7, 11) is 0. The zero-order valence-corrected chi connectivity index (χ0v) is 12.3.